The summed E-state index contributed by atoms with van der Waals surface area (Å²) in [5.41, 5.74) is 2.01. The van der Waals surface area contributed by atoms with Crippen molar-refractivity contribution in [1.29, 1.82) is 0 Å². The van der Waals surface area contributed by atoms with Crippen molar-refractivity contribution in [3.63, 3.8) is 0 Å². The molecule has 0 aliphatic heterocycles. The van der Waals surface area contributed by atoms with E-state index in [2.05, 4.69) is 25.4 Å². The van der Waals surface area contributed by atoms with Crippen LogP contribution in [-0.4, -0.2) is 47.7 Å². The van der Waals surface area contributed by atoms with Crippen molar-refractivity contribution in [2.75, 3.05) is 11.9 Å². The Balaban J connectivity index is 1.56. The van der Waals surface area contributed by atoms with Gasteiger partial charge in [0.05, 0.1) is 30.3 Å². The zero-order valence-corrected chi connectivity index (χ0v) is 18.1. The topological polar surface area (TPSA) is 109 Å². The molecule has 12 heteroatoms. The fraction of sp³-hybridized carbons (Fsp3) is 0.238. The number of benzene rings is 1. The first-order chi connectivity index (χ1) is 15.7. The van der Waals surface area contributed by atoms with Gasteiger partial charge < -0.3 is 15.5 Å². The van der Waals surface area contributed by atoms with Gasteiger partial charge in [-0.2, -0.15) is 18.3 Å². The zero-order chi connectivity index (χ0) is 23.6. The van der Waals surface area contributed by atoms with Crippen LogP contribution in [-0.2, 0) is 12.7 Å². The van der Waals surface area contributed by atoms with E-state index in [9.17, 15) is 18.3 Å². The minimum atomic E-state index is -4.56. The Bertz CT molecular complexity index is 1260. The van der Waals surface area contributed by atoms with Crippen LogP contribution in [0.2, 0.25) is 0 Å². The zero-order valence-electron chi connectivity index (χ0n) is 17.3. The monoisotopic (exact) mass is 476 g/mol. The second-order valence-electron chi connectivity index (χ2n) is 7.29. The summed E-state index contributed by atoms with van der Waals surface area (Å²) in [6.45, 7) is 1.69. The van der Waals surface area contributed by atoms with Crippen molar-refractivity contribution in [2.24, 2.45) is 0 Å². The van der Waals surface area contributed by atoms with Crippen LogP contribution in [0.15, 0.2) is 49.1 Å². The average Bonchev–Trinajstić information content (AvgIpc) is 3.42. The van der Waals surface area contributed by atoms with E-state index in [1.165, 1.54) is 16.0 Å². The van der Waals surface area contributed by atoms with Gasteiger partial charge in [-0.3, -0.25) is 4.68 Å². The molecule has 1 atom stereocenters. The SMILES string of the molecule is Cc1cc(Nc2nccc(C(F)(F)F)n2)cc(-c2cnc(-c3cnn(C[C@@H](O)CO)c3)s2)c1. The van der Waals surface area contributed by atoms with Crippen LogP contribution >= 0.6 is 11.3 Å². The molecule has 0 bridgehead atoms. The van der Waals surface area contributed by atoms with Gasteiger partial charge in [0.15, 0.2) is 0 Å². The number of aliphatic hydroxyl groups is 2. The van der Waals surface area contributed by atoms with Gasteiger partial charge in [0.2, 0.25) is 5.95 Å². The number of aromatic nitrogens is 5. The van der Waals surface area contributed by atoms with Crippen LogP contribution in [0.25, 0.3) is 21.0 Å². The molecule has 172 valence electrons. The van der Waals surface area contributed by atoms with Crippen molar-refractivity contribution in [3.8, 4) is 21.0 Å². The summed E-state index contributed by atoms with van der Waals surface area (Å²) in [5.74, 6) is -0.149. The van der Waals surface area contributed by atoms with Crippen LogP contribution in [0.5, 0.6) is 0 Å². The standard InChI is InChI=1S/C21H19F3N6O2S/c1-12-4-13(6-15(5-12)28-20-25-3-2-18(29-20)21(22,23)24)17-8-26-19(33-17)14-7-27-30(9-14)10-16(32)11-31/h2-9,16,31-32H,10-11H2,1H3,(H,25,28,29)/t16-/m1/s1. The first kappa shape index (κ1) is 22.8. The smallest absolute Gasteiger partial charge is 0.394 e. The fourth-order valence-corrected chi connectivity index (χ4v) is 3.97. The fourth-order valence-electron chi connectivity index (χ4n) is 3.09. The predicted octanol–water partition coefficient (Wildman–Crippen LogP) is 3.89. The number of rotatable bonds is 7. The summed E-state index contributed by atoms with van der Waals surface area (Å²) in [4.78, 5) is 12.7. The molecule has 0 fully saturated rings. The highest BCUT2D eigenvalue weighted by atomic mass is 32.1. The van der Waals surface area contributed by atoms with E-state index in [1.807, 2.05) is 13.0 Å². The Morgan fingerprint density at radius 3 is 2.73 bits per heavy atom. The maximum absolute atomic E-state index is 12.9. The molecule has 4 rings (SSSR count). The Labute approximate surface area is 190 Å². The maximum Gasteiger partial charge on any atom is 0.433 e. The third-order valence-electron chi connectivity index (χ3n) is 4.56. The summed E-state index contributed by atoms with van der Waals surface area (Å²) in [6.07, 6.45) is 0.670. The van der Waals surface area contributed by atoms with Gasteiger partial charge in [0.1, 0.15) is 10.7 Å². The van der Waals surface area contributed by atoms with E-state index in [-0.39, 0.29) is 19.1 Å². The van der Waals surface area contributed by atoms with Gasteiger partial charge >= 0.3 is 6.18 Å². The molecule has 0 unspecified atom stereocenters. The van der Waals surface area contributed by atoms with Crippen LogP contribution in [0.1, 0.15) is 11.3 Å². The number of halogens is 3. The number of hydrogen-bond donors (Lipinski definition) is 3. The lowest BCUT2D eigenvalue weighted by Gasteiger charge is -2.10. The third-order valence-corrected chi connectivity index (χ3v) is 5.65. The molecule has 0 saturated carbocycles. The lowest BCUT2D eigenvalue weighted by Crippen LogP contribution is -2.19. The lowest BCUT2D eigenvalue weighted by molar-refractivity contribution is -0.141. The number of nitrogens with zero attached hydrogens (tertiary/aromatic N) is 5. The highest BCUT2D eigenvalue weighted by molar-refractivity contribution is 7.18. The molecule has 8 nitrogen and oxygen atoms in total. The number of anilines is 2. The molecule has 33 heavy (non-hydrogen) atoms. The quantitative estimate of drug-likeness (QED) is 0.371. The third kappa shape index (κ3) is 5.53. The molecule has 0 aliphatic rings. The molecule has 3 aromatic heterocycles. The number of nitrogens with one attached hydrogen (secondary N) is 1. The molecule has 4 aromatic rings. The molecule has 0 radical (unpaired) electrons. The van der Waals surface area contributed by atoms with Crippen molar-refractivity contribution in [1.82, 2.24) is 24.7 Å². The Morgan fingerprint density at radius 2 is 1.97 bits per heavy atom. The van der Waals surface area contributed by atoms with E-state index < -0.39 is 18.0 Å². The second-order valence-corrected chi connectivity index (χ2v) is 8.32. The van der Waals surface area contributed by atoms with Crippen LogP contribution in [0.4, 0.5) is 24.8 Å². The highest BCUT2D eigenvalue weighted by Gasteiger charge is 2.32. The van der Waals surface area contributed by atoms with Crippen molar-refractivity contribution >= 4 is 23.0 Å². The average molecular weight is 476 g/mol. The summed E-state index contributed by atoms with van der Waals surface area (Å²) < 4.78 is 40.3. The Morgan fingerprint density at radius 1 is 1.15 bits per heavy atom. The first-order valence-electron chi connectivity index (χ1n) is 9.78. The predicted molar refractivity (Wildman–Crippen MR) is 117 cm³/mol. The Kier molecular flexibility index (Phi) is 6.40. The number of thiazole rings is 1. The van der Waals surface area contributed by atoms with Gasteiger partial charge in [0.25, 0.3) is 0 Å². The minimum absolute atomic E-state index is 0.149. The van der Waals surface area contributed by atoms with Crippen LogP contribution in [0, 0.1) is 6.92 Å². The molecule has 0 spiro atoms. The normalized spacial score (nSPS) is 12.7. The summed E-state index contributed by atoms with van der Waals surface area (Å²) in [5, 5.41) is 26.3. The molecule has 0 aliphatic carbocycles. The number of alkyl halides is 3. The molecule has 0 amide bonds. The largest absolute Gasteiger partial charge is 0.433 e. The van der Waals surface area contributed by atoms with Crippen molar-refractivity contribution < 1.29 is 23.4 Å². The molecule has 0 saturated heterocycles. The molecule has 3 heterocycles. The van der Waals surface area contributed by atoms with Gasteiger partial charge in [-0.1, -0.05) is 6.07 Å². The minimum Gasteiger partial charge on any atom is -0.394 e. The van der Waals surface area contributed by atoms with Crippen molar-refractivity contribution in [2.45, 2.75) is 25.7 Å². The van der Waals surface area contributed by atoms with Gasteiger partial charge in [0, 0.05) is 29.8 Å². The summed E-state index contributed by atoms with van der Waals surface area (Å²) in [7, 11) is 0. The molecule has 1 aromatic carbocycles. The van der Waals surface area contributed by atoms with E-state index in [0.717, 1.165) is 33.8 Å². The van der Waals surface area contributed by atoms with Crippen LogP contribution < -0.4 is 5.32 Å². The van der Waals surface area contributed by atoms with Gasteiger partial charge in [-0.15, -0.1) is 11.3 Å². The van der Waals surface area contributed by atoms with E-state index >= 15 is 0 Å². The summed E-state index contributed by atoms with van der Waals surface area (Å²) in [6, 6.07) is 6.33. The molecular formula is C21H19F3N6O2S. The van der Waals surface area contributed by atoms with E-state index in [0.29, 0.717) is 10.7 Å². The van der Waals surface area contributed by atoms with Gasteiger partial charge in [-0.05, 0) is 36.2 Å². The number of aliphatic hydroxyl groups excluding tert-OH is 2. The Hall–Kier alpha value is -3.35. The lowest BCUT2D eigenvalue weighted by atomic mass is 10.1. The molecular weight excluding hydrogens is 457 g/mol. The highest BCUT2D eigenvalue weighted by Crippen LogP contribution is 2.34. The van der Waals surface area contributed by atoms with E-state index in [1.54, 1.807) is 30.7 Å². The number of hydrogen-bond acceptors (Lipinski definition) is 8. The van der Waals surface area contributed by atoms with E-state index in [4.69, 9.17) is 5.11 Å². The van der Waals surface area contributed by atoms with Crippen LogP contribution in [0.3, 0.4) is 0 Å². The first-order valence-corrected chi connectivity index (χ1v) is 10.6. The van der Waals surface area contributed by atoms with Gasteiger partial charge in [-0.25, -0.2) is 15.0 Å². The summed E-state index contributed by atoms with van der Waals surface area (Å²) >= 11 is 1.42. The van der Waals surface area contributed by atoms with Crippen molar-refractivity contribution in [3.05, 3.63) is 60.3 Å². The molecule has 3 N–H and O–H groups in total. The number of aryl methyl sites for hydroxylation is 1. The maximum atomic E-state index is 12.9. The second kappa shape index (κ2) is 9.25.